The SMILES string of the molecule is C=Cc1c(CCCC)[nH]c2ccccc12.CC. The fraction of sp³-hybridized carbons (Fsp3) is 0.375. The summed E-state index contributed by atoms with van der Waals surface area (Å²) < 4.78 is 0. The van der Waals surface area contributed by atoms with Crippen LogP contribution in [0.3, 0.4) is 0 Å². The fourth-order valence-corrected chi connectivity index (χ4v) is 2.00. The van der Waals surface area contributed by atoms with Crippen LogP contribution in [0.1, 0.15) is 44.9 Å². The maximum absolute atomic E-state index is 3.90. The van der Waals surface area contributed by atoms with Gasteiger partial charge >= 0.3 is 0 Å². The molecule has 0 aliphatic rings. The van der Waals surface area contributed by atoms with E-state index in [0.29, 0.717) is 0 Å². The number of para-hydroxylation sites is 1. The number of hydrogen-bond donors (Lipinski definition) is 1. The van der Waals surface area contributed by atoms with Gasteiger partial charge in [0.15, 0.2) is 0 Å². The van der Waals surface area contributed by atoms with Crippen LogP contribution in [0.2, 0.25) is 0 Å². The van der Waals surface area contributed by atoms with Crippen molar-refractivity contribution in [1.82, 2.24) is 4.98 Å². The summed E-state index contributed by atoms with van der Waals surface area (Å²) in [6, 6.07) is 8.41. The highest BCUT2D eigenvalue weighted by Gasteiger charge is 2.06. The van der Waals surface area contributed by atoms with Gasteiger partial charge in [0, 0.05) is 22.2 Å². The van der Waals surface area contributed by atoms with Crippen LogP contribution in [-0.2, 0) is 6.42 Å². The molecule has 1 aromatic carbocycles. The Kier molecular flexibility index (Phi) is 5.55. The summed E-state index contributed by atoms with van der Waals surface area (Å²) in [4.78, 5) is 3.48. The lowest BCUT2D eigenvalue weighted by atomic mass is 10.1. The zero-order chi connectivity index (χ0) is 12.7. The summed E-state index contributed by atoms with van der Waals surface area (Å²) in [7, 11) is 0. The maximum atomic E-state index is 3.90. The fourth-order valence-electron chi connectivity index (χ4n) is 2.00. The highest BCUT2D eigenvalue weighted by atomic mass is 14.7. The smallest absolute Gasteiger partial charge is 0.0462 e. The van der Waals surface area contributed by atoms with Gasteiger partial charge in [-0.05, 0) is 18.9 Å². The number of nitrogens with one attached hydrogen (secondary N) is 1. The van der Waals surface area contributed by atoms with E-state index in [2.05, 4.69) is 42.8 Å². The molecule has 1 N–H and O–H groups in total. The first-order valence-corrected chi connectivity index (χ1v) is 6.58. The van der Waals surface area contributed by atoms with E-state index in [0.717, 1.165) is 6.42 Å². The second-order valence-corrected chi connectivity index (χ2v) is 3.87. The second-order valence-electron chi connectivity index (χ2n) is 3.87. The topological polar surface area (TPSA) is 15.8 Å². The third-order valence-electron chi connectivity index (χ3n) is 2.81. The molecule has 0 unspecified atom stereocenters. The molecule has 1 heteroatoms. The van der Waals surface area contributed by atoms with Crippen molar-refractivity contribution in [2.75, 3.05) is 0 Å². The minimum Gasteiger partial charge on any atom is -0.358 e. The van der Waals surface area contributed by atoms with Crippen molar-refractivity contribution in [3.63, 3.8) is 0 Å². The van der Waals surface area contributed by atoms with Crippen molar-refractivity contribution < 1.29 is 0 Å². The highest BCUT2D eigenvalue weighted by Crippen LogP contribution is 2.24. The van der Waals surface area contributed by atoms with Crippen molar-refractivity contribution in [2.45, 2.75) is 40.0 Å². The van der Waals surface area contributed by atoms with Crippen molar-refractivity contribution in [1.29, 1.82) is 0 Å². The summed E-state index contributed by atoms with van der Waals surface area (Å²) in [5, 5.41) is 1.29. The number of benzene rings is 1. The number of aromatic nitrogens is 1. The minimum atomic E-state index is 1.12. The van der Waals surface area contributed by atoms with Crippen molar-refractivity contribution >= 4 is 17.0 Å². The molecule has 92 valence electrons. The third kappa shape index (κ3) is 3.00. The summed E-state index contributed by atoms with van der Waals surface area (Å²) in [5.74, 6) is 0. The molecule has 1 nitrogen and oxygen atoms in total. The van der Waals surface area contributed by atoms with Crippen LogP contribution >= 0.6 is 0 Å². The summed E-state index contributed by atoms with van der Waals surface area (Å²) in [5.41, 5.74) is 3.82. The van der Waals surface area contributed by atoms with Crippen LogP contribution in [0, 0.1) is 0 Å². The minimum absolute atomic E-state index is 1.12. The number of hydrogen-bond acceptors (Lipinski definition) is 0. The standard InChI is InChI=1S/C14H17N.C2H6/c1-3-5-9-13-11(4-2)12-8-6-7-10-14(12)15-13;1-2/h4,6-8,10,15H,2-3,5,9H2,1H3;1-2H3. The molecule has 1 aromatic heterocycles. The molecular weight excluding hydrogens is 206 g/mol. The average Bonchev–Trinajstić information content (AvgIpc) is 2.76. The van der Waals surface area contributed by atoms with Crippen molar-refractivity contribution in [3.8, 4) is 0 Å². The molecule has 0 bridgehead atoms. The zero-order valence-electron chi connectivity index (χ0n) is 11.2. The Balaban J connectivity index is 0.000000686. The normalized spacial score (nSPS) is 9.82. The van der Waals surface area contributed by atoms with E-state index < -0.39 is 0 Å². The van der Waals surface area contributed by atoms with E-state index in [1.165, 1.54) is 35.0 Å². The Bertz CT molecular complexity index is 465. The largest absolute Gasteiger partial charge is 0.358 e. The Morgan fingerprint density at radius 2 is 1.94 bits per heavy atom. The lowest BCUT2D eigenvalue weighted by Gasteiger charge is -1.98. The number of H-pyrrole nitrogens is 1. The Morgan fingerprint density at radius 1 is 1.24 bits per heavy atom. The van der Waals surface area contributed by atoms with Gasteiger partial charge in [0.25, 0.3) is 0 Å². The first-order valence-electron chi connectivity index (χ1n) is 6.58. The Labute approximate surface area is 105 Å². The van der Waals surface area contributed by atoms with E-state index in [-0.39, 0.29) is 0 Å². The molecule has 0 amide bonds. The van der Waals surface area contributed by atoms with Crippen LogP contribution in [0.5, 0.6) is 0 Å². The number of unbranched alkanes of at least 4 members (excludes halogenated alkanes) is 1. The van der Waals surface area contributed by atoms with Crippen LogP contribution in [0.4, 0.5) is 0 Å². The van der Waals surface area contributed by atoms with E-state index in [1.54, 1.807) is 0 Å². The van der Waals surface area contributed by atoms with Crippen molar-refractivity contribution in [2.24, 2.45) is 0 Å². The van der Waals surface area contributed by atoms with E-state index in [4.69, 9.17) is 0 Å². The molecule has 0 aliphatic heterocycles. The number of rotatable bonds is 4. The van der Waals surface area contributed by atoms with Gasteiger partial charge in [0.05, 0.1) is 0 Å². The summed E-state index contributed by atoms with van der Waals surface area (Å²) in [6.45, 7) is 10.1. The summed E-state index contributed by atoms with van der Waals surface area (Å²) in [6.07, 6.45) is 5.54. The highest BCUT2D eigenvalue weighted by molar-refractivity contribution is 5.90. The molecule has 1 heterocycles. The number of aromatic amines is 1. The Hall–Kier alpha value is -1.50. The van der Waals surface area contributed by atoms with Crippen LogP contribution < -0.4 is 0 Å². The average molecular weight is 229 g/mol. The van der Waals surface area contributed by atoms with Crippen molar-refractivity contribution in [3.05, 3.63) is 42.1 Å². The predicted octanol–water partition coefficient (Wildman–Crippen LogP) is 5.18. The molecule has 17 heavy (non-hydrogen) atoms. The van der Waals surface area contributed by atoms with Gasteiger partial charge in [-0.25, -0.2) is 0 Å². The molecular formula is C16H23N. The van der Waals surface area contributed by atoms with Gasteiger partial charge in [-0.1, -0.05) is 58.0 Å². The zero-order valence-corrected chi connectivity index (χ0v) is 11.2. The van der Waals surface area contributed by atoms with Crippen LogP contribution in [0.15, 0.2) is 30.8 Å². The van der Waals surface area contributed by atoms with Gasteiger partial charge in [-0.2, -0.15) is 0 Å². The van der Waals surface area contributed by atoms with Gasteiger partial charge in [-0.15, -0.1) is 0 Å². The van der Waals surface area contributed by atoms with Gasteiger partial charge in [0.1, 0.15) is 0 Å². The monoisotopic (exact) mass is 229 g/mol. The molecule has 2 rings (SSSR count). The van der Waals surface area contributed by atoms with Gasteiger partial charge in [-0.3, -0.25) is 0 Å². The molecule has 0 spiro atoms. The molecule has 0 saturated heterocycles. The van der Waals surface area contributed by atoms with E-state index in [1.807, 2.05) is 19.9 Å². The molecule has 0 saturated carbocycles. The van der Waals surface area contributed by atoms with E-state index >= 15 is 0 Å². The summed E-state index contributed by atoms with van der Waals surface area (Å²) >= 11 is 0. The van der Waals surface area contributed by atoms with Gasteiger partial charge in [0.2, 0.25) is 0 Å². The first-order chi connectivity index (χ1) is 8.36. The lowest BCUT2D eigenvalue weighted by Crippen LogP contribution is -1.86. The Morgan fingerprint density at radius 3 is 2.59 bits per heavy atom. The quantitative estimate of drug-likeness (QED) is 0.743. The molecule has 0 radical (unpaired) electrons. The second kappa shape index (κ2) is 6.95. The van der Waals surface area contributed by atoms with E-state index in [9.17, 15) is 0 Å². The molecule has 0 aliphatic carbocycles. The lowest BCUT2D eigenvalue weighted by molar-refractivity contribution is 0.781. The van der Waals surface area contributed by atoms with Gasteiger partial charge < -0.3 is 4.98 Å². The third-order valence-corrected chi connectivity index (χ3v) is 2.81. The maximum Gasteiger partial charge on any atom is 0.0462 e. The molecule has 0 atom stereocenters. The number of aryl methyl sites for hydroxylation is 1. The van der Waals surface area contributed by atoms with Crippen LogP contribution in [-0.4, -0.2) is 4.98 Å². The predicted molar refractivity (Wildman–Crippen MR) is 78.3 cm³/mol. The van der Waals surface area contributed by atoms with Crippen LogP contribution in [0.25, 0.3) is 17.0 Å². The molecule has 2 aromatic rings. The first kappa shape index (κ1) is 13.6. The number of fused-ring (bicyclic) bond motifs is 1. The molecule has 0 fully saturated rings.